The second kappa shape index (κ2) is 3.89. The number of esters is 1. The van der Waals surface area contributed by atoms with Crippen molar-refractivity contribution in [3.05, 3.63) is 24.0 Å². The summed E-state index contributed by atoms with van der Waals surface area (Å²) in [5.74, 6) is -1.61. The van der Waals surface area contributed by atoms with Crippen molar-refractivity contribution in [3.8, 4) is 11.5 Å². The molecule has 0 unspecified atom stereocenters. The molecule has 0 radical (unpaired) electrons. The van der Waals surface area contributed by atoms with Crippen molar-refractivity contribution >= 4 is 5.97 Å². The zero-order valence-corrected chi connectivity index (χ0v) is 7.08. The molecular formula is C9H9FO3. The van der Waals surface area contributed by atoms with E-state index in [9.17, 15) is 9.18 Å². The van der Waals surface area contributed by atoms with Crippen molar-refractivity contribution in [2.45, 2.75) is 13.3 Å². The van der Waals surface area contributed by atoms with Crippen molar-refractivity contribution in [2.24, 2.45) is 0 Å². The monoisotopic (exact) mass is 184 g/mol. The Bertz CT molecular complexity index is 323. The Morgan fingerprint density at radius 2 is 2.31 bits per heavy atom. The molecule has 0 aliphatic rings. The molecule has 0 saturated heterocycles. The van der Waals surface area contributed by atoms with Crippen molar-refractivity contribution in [1.82, 2.24) is 0 Å². The maximum absolute atomic E-state index is 12.7. The van der Waals surface area contributed by atoms with Gasteiger partial charge in [0.2, 0.25) is 0 Å². The highest BCUT2D eigenvalue weighted by atomic mass is 19.1. The van der Waals surface area contributed by atoms with E-state index in [1.54, 1.807) is 6.92 Å². The molecule has 0 spiro atoms. The number of rotatable bonds is 2. The molecule has 0 fully saturated rings. The first kappa shape index (κ1) is 9.51. The van der Waals surface area contributed by atoms with E-state index in [0.717, 1.165) is 12.1 Å². The molecule has 0 heterocycles. The maximum atomic E-state index is 12.7. The minimum absolute atomic E-state index is 0.0992. The fourth-order valence-electron chi connectivity index (χ4n) is 0.755. The zero-order valence-electron chi connectivity index (χ0n) is 7.08. The van der Waals surface area contributed by atoms with Gasteiger partial charge in [-0.3, -0.25) is 4.79 Å². The fraction of sp³-hybridized carbons (Fsp3) is 0.222. The van der Waals surface area contributed by atoms with E-state index in [-0.39, 0.29) is 12.2 Å². The van der Waals surface area contributed by atoms with Crippen LogP contribution in [0, 0.1) is 5.82 Å². The summed E-state index contributed by atoms with van der Waals surface area (Å²) < 4.78 is 17.4. The van der Waals surface area contributed by atoms with Gasteiger partial charge in [-0.25, -0.2) is 4.39 Å². The van der Waals surface area contributed by atoms with Crippen molar-refractivity contribution < 1.29 is 19.0 Å². The summed E-state index contributed by atoms with van der Waals surface area (Å²) in [6.07, 6.45) is 0.225. The number of carbonyl (C=O) groups excluding carboxylic acids is 1. The van der Waals surface area contributed by atoms with Gasteiger partial charge in [0.1, 0.15) is 5.75 Å². The first-order valence-corrected chi connectivity index (χ1v) is 3.82. The SMILES string of the molecule is CCC(=O)Oc1ccc(O)c(F)c1. The molecule has 0 atom stereocenters. The zero-order chi connectivity index (χ0) is 9.84. The lowest BCUT2D eigenvalue weighted by Crippen LogP contribution is -2.05. The Balaban J connectivity index is 2.79. The highest BCUT2D eigenvalue weighted by Crippen LogP contribution is 2.21. The van der Waals surface area contributed by atoms with Gasteiger partial charge in [0.25, 0.3) is 0 Å². The van der Waals surface area contributed by atoms with E-state index in [1.165, 1.54) is 6.07 Å². The van der Waals surface area contributed by atoms with Gasteiger partial charge in [-0.15, -0.1) is 0 Å². The highest BCUT2D eigenvalue weighted by Gasteiger charge is 2.05. The molecule has 0 amide bonds. The topological polar surface area (TPSA) is 46.5 Å². The standard InChI is InChI=1S/C9H9FO3/c1-2-9(12)13-6-3-4-8(11)7(10)5-6/h3-5,11H,2H2,1H3. The summed E-state index contributed by atoms with van der Waals surface area (Å²) >= 11 is 0. The molecule has 0 aliphatic heterocycles. The number of hydrogen-bond acceptors (Lipinski definition) is 3. The van der Waals surface area contributed by atoms with Gasteiger partial charge in [0.05, 0.1) is 0 Å². The third kappa shape index (κ3) is 2.43. The molecule has 4 heteroatoms. The van der Waals surface area contributed by atoms with Crippen LogP contribution in [0.4, 0.5) is 4.39 Å². The molecule has 1 aromatic rings. The molecule has 1 rings (SSSR count). The van der Waals surface area contributed by atoms with Crippen LogP contribution in [0.3, 0.4) is 0 Å². The largest absolute Gasteiger partial charge is 0.505 e. The van der Waals surface area contributed by atoms with Gasteiger partial charge in [0.15, 0.2) is 11.6 Å². The van der Waals surface area contributed by atoms with Gasteiger partial charge >= 0.3 is 5.97 Å². The molecule has 0 bridgehead atoms. The summed E-state index contributed by atoms with van der Waals surface area (Å²) in [5, 5.41) is 8.82. The molecule has 13 heavy (non-hydrogen) atoms. The molecule has 1 N–H and O–H groups in total. The molecule has 0 aromatic heterocycles. The fourth-order valence-corrected chi connectivity index (χ4v) is 0.755. The Labute approximate surface area is 74.8 Å². The van der Waals surface area contributed by atoms with Gasteiger partial charge in [-0.1, -0.05) is 6.92 Å². The van der Waals surface area contributed by atoms with Gasteiger partial charge < -0.3 is 9.84 Å². The first-order chi connectivity index (χ1) is 6.13. The van der Waals surface area contributed by atoms with Crippen LogP contribution in [0.5, 0.6) is 11.5 Å². The molecule has 70 valence electrons. The first-order valence-electron chi connectivity index (χ1n) is 3.82. The average Bonchev–Trinajstić information content (AvgIpc) is 2.11. The smallest absolute Gasteiger partial charge is 0.310 e. The van der Waals surface area contributed by atoms with E-state index < -0.39 is 17.5 Å². The number of phenols is 1. The predicted molar refractivity (Wildman–Crippen MR) is 44.0 cm³/mol. The van der Waals surface area contributed by atoms with E-state index in [1.807, 2.05) is 0 Å². The van der Waals surface area contributed by atoms with Gasteiger partial charge in [-0.05, 0) is 12.1 Å². The normalized spacial score (nSPS) is 9.69. The number of phenolic OH excluding ortho intramolecular Hbond substituents is 1. The van der Waals surface area contributed by atoms with Gasteiger partial charge in [0, 0.05) is 12.5 Å². The summed E-state index contributed by atoms with van der Waals surface area (Å²) in [6.45, 7) is 1.64. The third-order valence-corrected chi connectivity index (χ3v) is 1.44. The molecule has 0 saturated carbocycles. The van der Waals surface area contributed by atoms with Crippen LogP contribution in [-0.4, -0.2) is 11.1 Å². The number of benzene rings is 1. The quantitative estimate of drug-likeness (QED) is 0.563. The number of hydrogen-bond donors (Lipinski definition) is 1. The van der Waals surface area contributed by atoms with Gasteiger partial charge in [-0.2, -0.15) is 0 Å². The lowest BCUT2D eigenvalue weighted by molar-refractivity contribution is -0.134. The summed E-state index contributed by atoms with van der Waals surface area (Å²) in [6, 6.07) is 3.42. The summed E-state index contributed by atoms with van der Waals surface area (Å²) in [7, 11) is 0. The molecule has 0 aliphatic carbocycles. The summed E-state index contributed by atoms with van der Waals surface area (Å²) in [4.78, 5) is 10.8. The second-order valence-electron chi connectivity index (χ2n) is 2.44. The number of halogens is 1. The molecule has 3 nitrogen and oxygen atoms in total. The second-order valence-corrected chi connectivity index (χ2v) is 2.44. The summed E-state index contributed by atoms with van der Waals surface area (Å²) in [5.41, 5.74) is 0. The highest BCUT2D eigenvalue weighted by molar-refractivity contribution is 5.71. The minimum atomic E-state index is -0.804. The Kier molecular flexibility index (Phi) is 2.84. The Hall–Kier alpha value is -1.58. The van der Waals surface area contributed by atoms with Crippen LogP contribution in [0.15, 0.2) is 18.2 Å². The van der Waals surface area contributed by atoms with Crippen LogP contribution >= 0.6 is 0 Å². The third-order valence-electron chi connectivity index (χ3n) is 1.44. The molecular weight excluding hydrogens is 175 g/mol. The molecule has 1 aromatic carbocycles. The van der Waals surface area contributed by atoms with Crippen LogP contribution < -0.4 is 4.74 Å². The Morgan fingerprint density at radius 3 is 2.85 bits per heavy atom. The Morgan fingerprint density at radius 1 is 1.62 bits per heavy atom. The average molecular weight is 184 g/mol. The minimum Gasteiger partial charge on any atom is -0.505 e. The van der Waals surface area contributed by atoms with E-state index in [4.69, 9.17) is 9.84 Å². The van der Waals surface area contributed by atoms with Crippen LogP contribution in [0.25, 0.3) is 0 Å². The van der Waals surface area contributed by atoms with E-state index in [2.05, 4.69) is 0 Å². The van der Waals surface area contributed by atoms with Crippen molar-refractivity contribution in [3.63, 3.8) is 0 Å². The van der Waals surface area contributed by atoms with E-state index >= 15 is 0 Å². The number of aromatic hydroxyl groups is 1. The predicted octanol–water partition coefficient (Wildman–Crippen LogP) is 1.85. The lowest BCUT2D eigenvalue weighted by atomic mass is 10.3. The van der Waals surface area contributed by atoms with Crippen LogP contribution in [0.1, 0.15) is 13.3 Å². The van der Waals surface area contributed by atoms with Crippen LogP contribution in [0.2, 0.25) is 0 Å². The van der Waals surface area contributed by atoms with Crippen LogP contribution in [-0.2, 0) is 4.79 Å². The number of carbonyl (C=O) groups is 1. The van der Waals surface area contributed by atoms with Crippen molar-refractivity contribution in [1.29, 1.82) is 0 Å². The maximum Gasteiger partial charge on any atom is 0.310 e. The lowest BCUT2D eigenvalue weighted by Gasteiger charge is -2.02. The van der Waals surface area contributed by atoms with Crippen molar-refractivity contribution in [2.75, 3.05) is 0 Å². The number of ether oxygens (including phenoxy) is 1. The van der Waals surface area contributed by atoms with E-state index in [0.29, 0.717) is 0 Å².